The van der Waals surface area contributed by atoms with E-state index in [0.717, 1.165) is 40.8 Å². The van der Waals surface area contributed by atoms with Crippen molar-refractivity contribution in [3.8, 4) is 11.5 Å². The molecule has 1 saturated carbocycles. The predicted molar refractivity (Wildman–Crippen MR) is 102 cm³/mol. The van der Waals surface area contributed by atoms with E-state index in [9.17, 15) is 4.79 Å². The number of carbonyl (C=O) groups is 1. The first kappa shape index (κ1) is 16.1. The van der Waals surface area contributed by atoms with Gasteiger partial charge in [-0.15, -0.1) is 0 Å². The van der Waals surface area contributed by atoms with Crippen molar-refractivity contribution >= 4 is 16.8 Å². The Hall–Kier alpha value is -3.08. The van der Waals surface area contributed by atoms with Crippen molar-refractivity contribution in [3.05, 3.63) is 65.9 Å². The van der Waals surface area contributed by atoms with Gasteiger partial charge in [-0.05, 0) is 42.7 Å². The van der Waals surface area contributed by atoms with Crippen molar-refractivity contribution in [2.45, 2.75) is 25.4 Å². The first-order valence-electron chi connectivity index (χ1n) is 9.32. The lowest BCUT2D eigenvalue weighted by Crippen LogP contribution is -2.32. The maximum atomic E-state index is 13.2. The van der Waals surface area contributed by atoms with Gasteiger partial charge in [0.15, 0.2) is 11.5 Å². The number of aromatic nitrogens is 1. The van der Waals surface area contributed by atoms with Crippen LogP contribution in [0.4, 0.5) is 0 Å². The SMILES string of the molecule is O=C(c1cnc2ccccc2c1)N(Cc1ccc2c(c1)OCCO2)C1CC1. The maximum Gasteiger partial charge on any atom is 0.255 e. The fourth-order valence-corrected chi connectivity index (χ4v) is 3.49. The van der Waals surface area contributed by atoms with Gasteiger partial charge in [-0.2, -0.15) is 0 Å². The van der Waals surface area contributed by atoms with Crippen molar-refractivity contribution in [1.29, 1.82) is 0 Å². The second-order valence-corrected chi connectivity index (χ2v) is 7.06. The Morgan fingerprint density at radius 2 is 1.85 bits per heavy atom. The molecule has 5 heteroatoms. The zero-order chi connectivity index (χ0) is 18.2. The Balaban J connectivity index is 1.42. The molecular weight excluding hydrogens is 340 g/mol. The Morgan fingerprint density at radius 1 is 1.04 bits per heavy atom. The van der Waals surface area contributed by atoms with Gasteiger partial charge < -0.3 is 14.4 Å². The molecule has 2 aromatic carbocycles. The number of amides is 1. The molecule has 27 heavy (non-hydrogen) atoms. The van der Waals surface area contributed by atoms with Gasteiger partial charge in [0.1, 0.15) is 13.2 Å². The van der Waals surface area contributed by atoms with E-state index in [4.69, 9.17) is 9.47 Å². The molecule has 1 aliphatic carbocycles. The zero-order valence-corrected chi connectivity index (χ0v) is 14.9. The van der Waals surface area contributed by atoms with Crippen LogP contribution in [0.25, 0.3) is 10.9 Å². The van der Waals surface area contributed by atoms with Crippen LogP contribution in [0.15, 0.2) is 54.7 Å². The summed E-state index contributed by atoms with van der Waals surface area (Å²) in [6.07, 6.45) is 3.79. The van der Waals surface area contributed by atoms with E-state index < -0.39 is 0 Å². The lowest BCUT2D eigenvalue weighted by Gasteiger charge is -2.24. The minimum Gasteiger partial charge on any atom is -0.486 e. The summed E-state index contributed by atoms with van der Waals surface area (Å²) in [5.74, 6) is 1.56. The quantitative estimate of drug-likeness (QED) is 0.710. The van der Waals surface area contributed by atoms with E-state index in [-0.39, 0.29) is 5.91 Å². The van der Waals surface area contributed by atoms with Crippen LogP contribution in [0.3, 0.4) is 0 Å². The summed E-state index contributed by atoms with van der Waals surface area (Å²) in [6, 6.07) is 16.0. The molecule has 0 radical (unpaired) electrons. The van der Waals surface area contributed by atoms with E-state index in [1.165, 1.54) is 0 Å². The predicted octanol–water partition coefficient (Wildman–Crippen LogP) is 3.81. The van der Waals surface area contributed by atoms with Crippen LogP contribution in [0.2, 0.25) is 0 Å². The molecule has 2 heterocycles. The highest BCUT2D eigenvalue weighted by molar-refractivity contribution is 5.97. The summed E-state index contributed by atoms with van der Waals surface area (Å²) >= 11 is 0. The van der Waals surface area contributed by atoms with E-state index in [1.54, 1.807) is 6.20 Å². The summed E-state index contributed by atoms with van der Waals surface area (Å²) in [5, 5.41) is 0.985. The highest BCUT2D eigenvalue weighted by atomic mass is 16.6. The summed E-state index contributed by atoms with van der Waals surface area (Å²) in [4.78, 5) is 19.6. The molecule has 0 spiro atoms. The Bertz CT molecular complexity index is 1010. The van der Waals surface area contributed by atoms with Crippen LogP contribution < -0.4 is 9.47 Å². The smallest absolute Gasteiger partial charge is 0.255 e. The van der Waals surface area contributed by atoms with Crippen molar-refractivity contribution in [2.24, 2.45) is 0 Å². The number of benzene rings is 2. The number of rotatable bonds is 4. The third-order valence-corrected chi connectivity index (χ3v) is 5.05. The normalized spacial score (nSPS) is 15.6. The Labute approximate surface area is 157 Å². The fourth-order valence-electron chi connectivity index (χ4n) is 3.49. The van der Waals surface area contributed by atoms with E-state index in [0.29, 0.717) is 31.4 Å². The molecule has 5 nitrogen and oxygen atoms in total. The van der Waals surface area contributed by atoms with Gasteiger partial charge >= 0.3 is 0 Å². The third kappa shape index (κ3) is 3.21. The molecule has 0 saturated heterocycles. The van der Waals surface area contributed by atoms with Gasteiger partial charge in [0.05, 0.1) is 11.1 Å². The number of carbonyl (C=O) groups excluding carboxylic acids is 1. The van der Waals surface area contributed by atoms with Gasteiger partial charge in [0.25, 0.3) is 5.91 Å². The van der Waals surface area contributed by atoms with Crippen LogP contribution >= 0.6 is 0 Å². The van der Waals surface area contributed by atoms with E-state index in [2.05, 4.69) is 4.98 Å². The fraction of sp³-hybridized carbons (Fsp3) is 0.273. The second-order valence-electron chi connectivity index (χ2n) is 7.06. The molecule has 136 valence electrons. The molecule has 0 atom stereocenters. The van der Waals surface area contributed by atoms with Crippen LogP contribution in [0, 0.1) is 0 Å². The Kier molecular flexibility index (Phi) is 3.93. The summed E-state index contributed by atoms with van der Waals surface area (Å²) in [7, 11) is 0. The number of hydrogen-bond donors (Lipinski definition) is 0. The van der Waals surface area contributed by atoms with Gasteiger partial charge in [0, 0.05) is 24.2 Å². The van der Waals surface area contributed by atoms with Gasteiger partial charge in [-0.1, -0.05) is 24.3 Å². The molecule has 3 aromatic rings. The van der Waals surface area contributed by atoms with Crippen LogP contribution in [-0.4, -0.2) is 35.0 Å². The molecule has 0 unspecified atom stereocenters. The first-order valence-corrected chi connectivity index (χ1v) is 9.32. The zero-order valence-electron chi connectivity index (χ0n) is 14.9. The molecule has 5 rings (SSSR count). The molecule has 1 aliphatic heterocycles. The van der Waals surface area contributed by atoms with Gasteiger partial charge in [-0.25, -0.2) is 0 Å². The summed E-state index contributed by atoms with van der Waals surface area (Å²) in [5.41, 5.74) is 2.59. The monoisotopic (exact) mass is 360 g/mol. The minimum atomic E-state index is 0.0330. The average molecular weight is 360 g/mol. The first-order chi connectivity index (χ1) is 13.3. The van der Waals surface area contributed by atoms with E-state index >= 15 is 0 Å². The molecular formula is C22H20N2O3. The highest BCUT2D eigenvalue weighted by Gasteiger charge is 2.33. The molecule has 2 aliphatic rings. The largest absolute Gasteiger partial charge is 0.486 e. The molecule has 0 bridgehead atoms. The molecule has 1 fully saturated rings. The summed E-state index contributed by atoms with van der Waals surface area (Å²) < 4.78 is 11.3. The van der Waals surface area contributed by atoms with Crippen LogP contribution in [0.5, 0.6) is 11.5 Å². The number of nitrogens with zero attached hydrogens (tertiary/aromatic N) is 2. The number of ether oxygens (including phenoxy) is 2. The third-order valence-electron chi connectivity index (χ3n) is 5.05. The number of pyridine rings is 1. The van der Waals surface area contributed by atoms with Gasteiger partial charge in [-0.3, -0.25) is 9.78 Å². The topological polar surface area (TPSA) is 51.7 Å². The highest BCUT2D eigenvalue weighted by Crippen LogP contribution is 2.34. The molecule has 1 amide bonds. The lowest BCUT2D eigenvalue weighted by molar-refractivity contribution is 0.0729. The lowest BCUT2D eigenvalue weighted by atomic mass is 10.1. The van der Waals surface area contributed by atoms with Gasteiger partial charge in [0.2, 0.25) is 0 Å². The summed E-state index contributed by atoms with van der Waals surface area (Å²) in [6.45, 7) is 1.70. The van der Waals surface area contributed by atoms with Crippen molar-refractivity contribution in [2.75, 3.05) is 13.2 Å². The van der Waals surface area contributed by atoms with E-state index in [1.807, 2.05) is 53.4 Å². The average Bonchev–Trinajstić information content (AvgIpc) is 3.56. The maximum absolute atomic E-state index is 13.2. The molecule has 1 aromatic heterocycles. The number of fused-ring (bicyclic) bond motifs is 2. The Morgan fingerprint density at radius 3 is 2.70 bits per heavy atom. The van der Waals surface area contributed by atoms with Crippen LogP contribution in [-0.2, 0) is 6.54 Å². The van der Waals surface area contributed by atoms with Crippen LogP contribution in [0.1, 0.15) is 28.8 Å². The standard InChI is InChI=1S/C22H20N2O3/c25-22(17-12-16-3-1-2-4-19(16)23-13-17)24(18-6-7-18)14-15-5-8-20-21(11-15)27-10-9-26-20/h1-5,8,11-13,18H,6-7,9-10,14H2. The van der Waals surface area contributed by atoms with Crippen molar-refractivity contribution in [3.63, 3.8) is 0 Å². The number of hydrogen-bond acceptors (Lipinski definition) is 4. The second kappa shape index (κ2) is 6.58. The van der Waals surface area contributed by atoms with Crippen molar-refractivity contribution in [1.82, 2.24) is 9.88 Å². The minimum absolute atomic E-state index is 0.0330. The van der Waals surface area contributed by atoms with Crippen molar-refractivity contribution < 1.29 is 14.3 Å². The molecule has 0 N–H and O–H groups in total. The number of para-hydroxylation sites is 1.